The van der Waals surface area contributed by atoms with Crippen LogP contribution in [-0.2, 0) is 0 Å². The monoisotopic (exact) mass is 257 g/mol. The van der Waals surface area contributed by atoms with Gasteiger partial charge in [0.1, 0.15) is 0 Å². The number of nitrogens with one attached hydrogen (secondary N) is 1. The SMILES string of the molecule is CCCN1CCC2=NNC(c3ccccc3C)C2C1. The quantitative estimate of drug-likeness (QED) is 0.901. The Hall–Kier alpha value is -1.35. The van der Waals surface area contributed by atoms with Gasteiger partial charge >= 0.3 is 0 Å². The third-order valence-electron chi connectivity index (χ3n) is 4.38. The fourth-order valence-electron chi connectivity index (χ4n) is 3.35. The van der Waals surface area contributed by atoms with Crippen LogP contribution in [-0.4, -0.2) is 30.2 Å². The lowest BCUT2D eigenvalue weighted by atomic mass is 9.85. The number of hydrazone groups is 1. The van der Waals surface area contributed by atoms with Crippen LogP contribution in [0.3, 0.4) is 0 Å². The van der Waals surface area contributed by atoms with Gasteiger partial charge in [0.15, 0.2) is 0 Å². The van der Waals surface area contributed by atoms with Crippen LogP contribution in [0.1, 0.15) is 36.9 Å². The van der Waals surface area contributed by atoms with Gasteiger partial charge in [0.2, 0.25) is 0 Å². The molecule has 3 nitrogen and oxygen atoms in total. The van der Waals surface area contributed by atoms with Crippen LogP contribution >= 0.6 is 0 Å². The van der Waals surface area contributed by atoms with Crippen LogP contribution in [0, 0.1) is 12.8 Å². The van der Waals surface area contributed by atoms with E-state index in [2.05, 4.69) is 53.5 Å². The number of aryl methyl sites for hydroxylation is 1. The molecule has 1 aromatic carbocycles. The van der Waals surface area contributed by atoms with Crippen molar-refractivity contribution in [2.24, 2.45) is 11.0 Å². The fraction of sp³-hybridized carbons (Fsp3) is 0.562. The number of hydrogen-bond acceptors (Lipinski definition) is 3. The van der Waals surface area contributed by atoms with Crippen molar-refractivity contribution in [2.75, 3.05) is 19.6 Å². The van der Waals surface area contributed by atoms with Crippen molar-refractivity contribution in [2.45, 2.75) is 32.7 Å². The fourth-order valence-corrected chi connectivity index (χ4v) is 3.35. The van der Waals surface area contributed by atoms with E-state index in [-0.39, 0.29) is 0 Å². The summed E-state index contributed by atoms with van der Waals surface area (Å²) >= 11 is 0. The molecule has 1 fully saturated rings. The molecular weight excluding hydrogens is 234 g/mol. The molecule has 1 aromatic rings. The normalized spacial score (nSPS) is 26.7. The number of nitrogens with zero attached hydrogens (tertiary/aromatic N) is 2. The summed E-state index contributed by atoms with van der Waals surface area (Å²) in [6.07, 6.45) is 2.36. The van der Waals surface area contributed by atoms with Crippen LogP contribution in [0.4, 0.5) is 0 Å². The zero-order valence-corrected chi connectivity index (χ0v) is 11.9. The molecule has 2 aliphatic heterocycles. The smallest absolute Gasteiger partial charge is 0.0785 e. The maximum Gasteiger partial charge on any atom is 0.0785 e. The third kappa shape index (κ3) is 2.39. The van der Waals surface area contributed by atoms with Crippen molar-refractivity contribution in [1.29, 1.82) is 0 Å². The molecule has 0 amide bonds. The summed E-state index contributed by atoms with van der Waals surface area (Å²) in [7, 11) is 0. The Bertz CT molecular complexity index is 481. The predicted molar refractivity (Wildman–Crippen MR) is 79.3 cm³/mol. The highest BCUT2D eigenvalue weighted by Gasteiger charge is 2.37. The van der Waals surface area contributed by atoms with Gasteiger partial charge in [0, 0.05) is 31.1 Å². The molecule has 2 heterocycles. The van der Waals surface area contributed by atoms with Crippen LogP contribution in [0.25, 0.3) is 0 Å². The largest absolute Gasteiger partial charge is 0.302 e. The lowest BCUT2D eigenvalue weighted by Crippen LogP contribution is -2.42. The standard InChI is InChI=1S/C16H23N3/c1-3-9-19-10-8-15-14(11-19)16(18-17-15)13-7-5-4-6-12(13)2/h4-7,14,16,18H,3,8-11H2,1-2H3. The molecular formula is C16H23N3. The molecule has 3 rings (SSSR count). The molecule has 2 atom stereocenters. The highest BCUT2D eigenvalue weighted by Crippen LogP contribution is 2.33. The summed E-state index contributed by atoms with van der Waals surface area (Å²) in [5.41, 5.74) is 7.53. The van der Waals surface area contributed by atoms with E-state index >= 15 is 0 Å². The lowest BCUT2D eigenvalue weighted by Gasteiger charge is -2.33. The molecule has 1 N–H and O–H groups in total. The average Bonchev–Trinajstić information content (AvgIpc) is 2.83. The van der Waals surface area contributed by atoms with Gasteiger partial charge in [-0.2, -0.15) is 5.10 Å². The number of hydrogen-bond donors (Lipinski definition) is 1. The molecule has 2 unspecified atom stereocenters. The number of fused-ring (bicyclic) bond motifs is 1. The van der Waals surface area contributed by atoms with Gasteiger partial charge in [-0.15, -0.1) is 0 Å². The molecule has 0 spiro atoms. The van der Waals surface area contributed by atoms with Crippen molar-refractivity contribution < 1.29 is 0 Å². The summed E-state index contributed by atoms with van der Waals surface area (Å²) < 4.78 is 0. The summed E-state index contributed by atoms with van der Waals surface area (Å²) in [5, 5.41) is 4.59. The van der Waals surface area contributed by atoms with Gasteiger partial charge in [-0.3, -0.25) is 0 Å². The van der Waals surface area contributed by atoms with Crippen molar-refractivity contribution >= 4 is 5.71 Å². The molecule has 0 aromatic heterocycles. The van der Waals surface area contributed by atoms with E-state index in [0.29, 0.717) is 12.0 Å². The Labute approximate surface area is 115 Å². The molecule has 1 saturated heterocycles. The zero-order chi connectivity index (χ0) is 13.2. The number of piperidine rings is 1. The van der Waals surface area contributed by atoms with Crippen LogP contribution < -0.4 is 5.43 Å². The van der Waals surface area contributed by atoms with Crippen molar-refractivity contribution in [3.63, 3.8) is 0 Å². The highest BCUT2D eigenvalue weighted by molar-refractivity contribution is 5.90. The second-order valence-electron chi connectivity index (χ2n) is 5.72. The van der Waals surface area contributed by atoms with Crippen LogP contribution in [0.2, 0.25) is 0 Å². The molecule has 0 saturated carbocycles. The maximum atomic E-state index is 4.59. The van der Waals surface area contributed by atoms with E-state index in [1.807, 2.05) is 0 Å². The van der Waals surface area contributed by atoms with E-state index in [0.717, 1.165) is 13.0 Å². The highest BCUT2D eigenvalue weighted by atomic mass is 15.4. The van der Waals surface area contributed by atoms with Crippen LogP contribution in [0.5, 0.6) is 0 Å². The second-order valence-corrected chi connectivity index (χ2v) is 5.72. The molecule has 2 aliphatic rings. The van der Waals surface area contributed by atoms with Crippen molar-refractivity contribution in [3.8, 4) is 0 Å². The number of likely N-dealkylation sites (tertiary alicyclic amines) is 1. The van der Waals surface area contributed by atoms with Gasteiger partial charge in [-0.1, -0.05) is 31.2 Å². The third-order valence-corrected chi connectivity index (χ3v) is 4.38. The summed E-state index contributed by atoms with van der Waals surface area (Å²) in [5.74, 6) is 0.557. The Balaban J connectivity index is 1.80. The first-order chi connectivity index (χ1) is 9.29. The minimum Gasteiger partial charge on any atom is -0.302 e. The molecule has 3 heteroatoms. The van der Waals surface area contributed by atoms with Gasteiger partial charge in [0.25, 0.3) is 0 Å². The second kappa shape index (κ2) is 5.33. The van der Waals surface area contributed by atoms with Gasteiger partial charge in [-0.25, -0.2) is 0 Å². The summed E-state index contributed by atoms with van der Waals surface area (Å²) in [6.45, 7) is 7.99. The van der Waals surface area contributed by atoms with E-state index in [4.69, 9.17) is 0 Å². The van der Waals surface area contributed by atoms with Gasteiger partial charge in [-0.05, 0) is 31.0 Å². The summed E-state index contributed by atoms with van der Waals surface area (Å²) in [6, 6.07) is 9.05. The van der Waals surface area contributed by atoms with E-state index in [1.165, 1.54) is 36.3 Å². The Morgan fingerprint density at radius 3 is 3.00 bits per heavy atom. The van der Waals surface area contributed by atoms with Gasteiger partial charge < -0.3 is 10.3 Å². The first-order valence-electron chi connectivity index (χ1n) is 7.39. The van der Waals surface area contributed by atoms with E-state index in [9.17, 15) is 0 Å². The van der Waals surface area contributed by atoms with E-state index in [1.54, 1.807) is 0 Å². The molecule has 0 radical (unpaired) electrons. The molecule has 0 aliphatic carbocycles. The molecule has 0 bridgehead atoms. The Morgan fingerprint density at radius 2 is 2.21 bits per heavy atom. The first kappa shape index (κ1) is 12.7. The van der Waals surface area contributed by atoms with Gasteiger partial charge in [0.05, 0.1) is 6.04 Å². The minimum absolute atomic E-state index is 0.371. The Kier molecular flexibility index (Phi) is 3.56. The minimum atomic E-state index is 0.371. The van der Waals surface area contributed by atoms with Crippen LogP contribution in [0.15, 0.2) is 29.4 Å². The van der Waals surface area contributed by atoms with Crippen molar-refractivity contribution in [3.05, 3.63) is 35.4 Å². The zero-order valence-electron chi connectivity index (χ0n) is 11.9. The van der Waals surface area contributed by atoms with Crippen molar-refractivity contribution in [1.82, 2.24) is 10.3 Å². The topological polar surface area (TPSA) is 27.6 Å². The maximum absolute atomic E-state index is 4.59. The average molecular weight is 257 g/mol. The first-order valence-corrected chi connectivity index (χ1v) is 7.39. The predicted octanol–water partition coefficient (Wildman–Crippen LogP) is 2.73. The molecule has 102 valence electrons. The van der Waals surface area contributed by atoms with E-state index < -0.39 is 0 Å². The lowest BCUT2D eigenvalue weighted by molar-refractivity contribution is 0.228. The summed E-state index contributed by atoms with van der Waals surface area (Å²) in [4.78, 5) is 2.59. The number of benzene rings is 1. The Morgan fingerprint density at radius 1 is 1.37 bits per heavy atom. The molecule has 19 heavy (non-hydrogen) atoms. The number of rotatable bonds is 3.